The molecule has 8 nitrogen and oxygen atoms in total. The number of amides is 1. The van der Waals surface area contributed by atoms with E-state index in [-0.39, 0.29) is 25.0 Å². The van der Waals surface area contributed by atoms with Crippen molar-refractivity contribution in [3.05, 3.63) is 16.3 Å². The zero-order valence-electron chi connectivity index (χ0n) is 14.9. The van der Waals surface area contributed by atoms with E-state index in [4.69, 9.17) is 14.6 Å². The van der Waals surface area contributed by atoms with E-state index in [0.29, 0.717) is 34.4 Å². The summed E-state index contributed by atoms with van der Waals surface area (Å²) in [6.07, 6.45) is 1.49. The average Bonchev–Trinajstić information content (AvgIpc) is 3.18. The van der Waals surface area contributed by atoms with E-state index < -0.39 is 5.97 Å². The number of ether oxygens (including phenoxy) is 2. The first-order valence-electron chi connectivity index (χ1n) is 8.32. The molecule has 0 spiro atoms. The number of carbonyl (C=O) groups is 2. The van der Waals surface area contributed by atoms with Crippen LogP contribution < -0.4 is 4.74 Å². The number of thiophene rings is 1. The normalized spacial score (nSPS) is 17.0. The van der Waals surface area contributed by atoms with Crippen LogP contribution >= 0.6 is 11.3 Å². The third kappa shape index (κ3) is 3.36. The standard InChI is InChI=1S/C17H21N3O5S/c1-9-13-15(25-3)18-11(8-24-2)19-16(13)26-14(9)17(23)20-6-4-5-10(20)7-12(21)22/h10H,4-8H2,1-3H3,(H,21,22). The number of aromatic nitrogens is 2. The van der Waals surface area contributed by atoms with Gasteiger partial charge in [-0.3, -0.25) is 9.59 Å². The number of carbonyl (C=O) groups excluding carboxylic acids is 1. The maximum atomic E-state index is 13.1. The quantitative estimate of drug-likeness (QED) is 0.821. The van der Waals surface area contributed by atoms with Crippen molar-refractivity contribution in [1.82, 2.24) is 14.9 Å². The smallest absolute Gasteiger partial charge is 0.305 e. The molecule has 140 valence electrons. The Balaban J connectivity index is 2.00. The average molecular weight is 379 g/mol. The molecule has 1 saturated heterocycles. The van der Waals surface area contributed by atoms with Crippen LogP contribution in [0.4, 0.5) is 0 Å². The molecule has 1 aliphatic rings. The van der Waals surface area contributed by atoms with Crippen LogP contribution in [0.15, 0.2) is 0 Å². The molecular weight excluding hydrogens is 358 g/mol. The highest BCUT2D eigenvalue weighted by Crippen LogP contribution is 2.36. The van der Waals surface area contributed by atoms with Crippen molar-refractivity contribution in [2.24, 2.45) is 0 Å². The summed E-state index contributed by atoms with van der Waals surface area (Å²) >= 11 is 1.28. The lowest BCUT2D eigenvalue weighted by atomic mass is 10.1. The van der Waals surface area contributed by atoms with Gasteiger partial charge >= 0.3 is 5.97 Å². The molecule has 1 aliphatic heterocycles. The van der Waals surface area contributed by atoms with Crippen LogP contribution in [-0.2, 0) is 16.1 Å². The van der Waals surface area contributed by atoms with Crippen LogP contribution in [0.3, 0.4) is 0 Å². The van der Waals surface area contributed by atoms with Gasteiger partial charge in [-0.1, -0.05) is 0 Å². The third-order valence-corrected chi connectivity index (χ3v) is 5.69. The third-order valence-electron chi connectivity index (χ3n) is 4.51. The summed E-state index contributed by atoms with van der Waals surface area (Å²) in [6.45, 7) is 2.66. The van der Waals surface area contributed by atoms with E-state index in [1.165, 1.54) is 18.4 Å². The number of carboxylic acids is 1. The predicted molar refractivity (Wildman–Crippen MR) is 95.7 cm³/mol. The molecule has 9 heteroatoms. The molecule has 0 bridgehead atoms. The molecule has 2 aromatic rings. The highest BCUT2D eigenvalue weighted by atomic mass is 32.1. The minimum atomic E-state index is -0.889. The van der Waals surface area contributed by atoms with Crippen LogP contribution in [0.1, 0.15) is 40.3 Å². The Bertz CT molecular complexity index is 851. The summed E-state index contributed by atoms with van der Waals surface area (Å²) in [5, 5.41) is 9.80. The molecule has 1 N–H and O–H groups in total. The lowest BCUT2D eigenvalue weighted by Gasteiger charge is -2.23. The Kier molecular flexibility index (Phi) is 5.38. The molecule has 2 aromatic heterocycles. The maximum Gasteiger partial charge on any atom is 0.305 e. The SMILES string of the molecule is COCc1nc(OC)c2c(C)c(C(=O)N3CCCC3CC(=O)O)sc2n1. The van der Waals surface area contributed by atoms with Crippen LogP contribution in [0.25, 0.3) is 10.2 Å². The molecule has 0 saturated carbocycles. The highest BCUT2D eigenvalue weighted by Gasteiger charge is 2.33. The topological polar surface area (TPSA) is 102 Å². The fraction of sp³-hybridized carbons (Fsp3) is 0.529. The lowest BCUT2D eigenvalue weighted by molar-refractivity contribution is -0.137. The summed E-state index contributed by atoms with van der Waals surface area (Å²) in [4.78, 5) is 35.8. The summed E-state index contributed by atoms with van der Waals surface area (Å²) in [5.74, 6) is -0.135. The van der Waals surface area contributed by atoms with Crippen molar-refractivity contribution in [3.8, 4) is 5.88 Å². The van der Waals surface area contributed by atoms with Crippen LogP contribution in [0.5, 0.6) is 5.88 Å². The van der Waals surface area contributed by atoms with Crippen molar-refractivity contribution in [1.29, 1.82) is 0 Å². The highest BCUT2D eigenvalue weighted by molar-refractivity contribution is 7.20. The second kappa shape index (κ2) is 7.55. The van der Waals surface area contributed by atoms with Crippen LogP contribution in [0.2, 0.25) is 0 Å². The minimum absolute atomic E-state index is 0.0310. The second-order valence-corrected chi connectivity index (χ2v) is 7.21. The maximum absolute atomic E-state index is 13.1. The van der Waals surface area contributed by atoms with E-state index in [9.17, 15) is 9.59 Å². The first-order valence-corrected chi connectivity index (χ1v) is 9.13. The number of rotatable bonds is 6. The summed E-state index contributed by atoms with van der Waals surface area (Å²) in [6, 6.07) is -0.262. The number of aryl methyl sites for hydroxylation is 1. The summed E-state index contributed by atoms with van der Waals surface area (Å²) in [5.41, 5.74) is 0.761. The Labute approximate surface area is 154 Å². The van der Waals surface area contributed by atoms with E-state index in [2.05, 4.69) is 9.97 Å². The lowest BCUT2D eigenvalue weighted by Crippen LogP contribution is -2.36. The van der Waals surface area contributed by atoms with Crippen molar-refractivity contribution in [2.75, 3.05) is 20.8 Å². The van der Waals surface area contributed by atoms with Crippen LogP contribution in [-0.4, -0.2) is 58.7 Å². The largest absolute Gasteiger partial charge is 0.481 e. The number of aliphatic carboxylic acids is 1. The molecule has 3 rings (SSSR count). The fourth-order valence-corrected chi connectivity index (χ4v) is 4.48. The zero-order chi connectivity index (χ0) is 18.8. The fourth-order valence-electron chi connectivity index (χ4n) is 3.34. The van der Waals surface area contributed by atoms with E-state index >= 15 is 0 Å². The molecule has 26 heavy (non-hydrogen) atoms. The van der Waals surface area contributed by atoms with Crippen LogP contribution in [0, 0.1) is 6.92 Å². The first kappa shape index (κ1) is 18.5. The zero-order valence-corrected chi connectivity index (χ0v) is 15.8. The van der Waals surface area contributed by atoms with Gasteiger partial charge in [0.05, 0.1) is 23.8 Å². The molecular formula is C17H21N3O5S. The second-order valence-electron chi connectivity index (χ2n) is 6.21. The van der Waals surface area contributed by atoms with Gasteiger partial charge < -0.3 is 19.5 Å². The number of hydrogen-bond donors (Lipinski definition) is 1. The first-order chi connectivity index (χ1) is 12.5. The molecule has 1 unspecified atom stereocenters. The van der Waals surface area contributed by atoms with Gasteiger partial charge in [-0.2, -0.15) is 4.98 Å². The monoisotopic (exact) mass is 379 g/mol. The molecule has 3 heterocycles. The molecule has 0 aromatic carbocycles. The molecule has 1 amide bonds. The Morgan fingerprint density at radius 1 is 1.35 bits per heavy atom. The van der Waals surface area contributed by atoms with Gasteiger partial charge in [0.25, 0.3) is 5.91 Å². The van der Waals surface area contributed by atoms with E-state index in [1.807, 2.05) is 6.92 Å². The number of hydrogen-bond acceptors (Lipinski definition) is 7. The van der Waals surface area contributed by atoms with Gasteiger partial charge in [0.15, 0.2) is 5.82 Å². The van der Waals surface area contributed by atoms with Crippen molar-refractivity contribution in [3.63, 3.8) is 0 Å². The van der Waals surface area contributed by atoms with Crippen molar-refractivity contribution >= 4 is 33.4 Å². The van der Waals surface area contributed by atoms with Gasteiger partial charge in [0.1, 0.15) is 11.4 Å². The molecule has 0 radical (unpaired) electrons. The van der Waals surface area contributed by atoms with Gasteiger partial charge in [-0.25, -0.2) is 4.98 Å². The molecule has 1 atom stereocenters. The Hall–Kier alpha value is -2.26. The molecule has 1 fully saturated rings. The van der Waals surface area contributed by atoms with Gasteiger partial charge in [0.2, 0.25) is 5.88 Å². The van der Waals surface area contributed by atoms with Gasteiger partial charge in [-0.05, 0) is 25.3 Å². The number of likely N-dealkylation sites (tertiary alicyclic amines) is 1. The minimum Gasteiger partial charge on any atom is -0.481 e. The number of nitrogens with zero attached hydrogens (tertiary/aromatic N) is 3. The molecule has 0 aliphatic carbocycles. The van der Waals surface area contributed by atoms with Gasteiger partial charge in [0, 0.05) is 19.7 Å². The Morgan fingerprint density at radius 3 is 2.77 bits per heavy atom. The predicted octanol–water partition coefficient (Wildman–Crippen LogP) is 2.23. The number of fused-ring (bicyclic) bond motifs is 1. The Morgan fingerprint density at radius 2 is 2.12 bits per heavy atom. The van der Waals surface area contributed by atoms with E-state index in [0.717, 1.165) is 17.4 Å². The van der Waals surface area contributed by atoms with Crippen molar-refractivity contribution in [2.45, 2.75) is 38.8 Å². The van der Waals surface area contributed by atoms with E-state index in [1.54, 1.807) is 12.0 Å². The number of methoxy groups -OCH3 is 2. The van der Waals surface area contributed by atoms with Crippen molar-refractivity contribution < 1.29 is 24.2 Å². The summed E-state index contributed by atoms with van der Waals surface area (Å²) < 4.78 is 10.5. The summed E-state index contributed by atoms with van der Waals surface area (Å²) in [7, 11) is 3.09. The van der Waals surface area contributed by atoms with Gasteiger partial charge in [-0.15, -0.1) is 11.3 Å². The number of carboxylic acid groups (broad SMARTS) is 1.